The number of carbonyl (C=O) groups is 3. The zero-order chi connectivity index (χ0) is 22.5. The highest BCUT2D eigenvalue weighted by Gasteiger charge is 2.25. The van der Waals surface area contributed by atoms with Crippen LogP contribution in [0.15, 0.2) is 66.0 Å². The molecule has 8 heteroatoms. The quantitative estimate of drug-likeness (QED) is 0.537. The second-order valence-electron chi connectivity index (χ2n) is 7.30. The first-order valence-electron chi connectivity index (χ1n) is 10.1. The predicted octanol–water partition coefficient (Wildman–Crippen LogP) is 3.48. The molecule has 0 aliphatic carbocycles. The van der Waals surface area contributed by atoms with Crippen LogP contribution in [0.25, 0.3) is 0 Å². The van der Waals surface area contributed by atoms with Crippen molar-refractivity contribution in [2.24, 2.45) is 0 Å². The molecule has 0 spiro atoms. The minimum atomic E-state index is -0.398. The van der Waals surface area contributed by atoms with Gasteiger partial charge < -0.3 is 14.5 Å². The highest BCUT2D eigenvalue weighted by molar-refractivity contribution is 7.12. The molecule has 6 nitrogen and oxygen atoms in total. The smallest absolute Gasteiger partial charge is 0.264 e. The lowest BCUT2D eigenvalue weighted by Crippen LogP contribution is -2.51. The van der Waals surface area contributed by atoms with E-state index < -0.39 is 5.82 Å². The third-order valence-electron chi connectivity index (χ3n) is 5.24. The SMILES string of the molecule is O=C(c1ccc(F)cc1)c1ccc(OCC(=O)N2CCN(C(=O)c3cccs3)CC2)cc1. The third-order valence-corrected chi connectivity index (χ3v) is 6.09. The van der Waals surface area contributed by atoms with E-state index in [0.29, 0.717) is 47.9 Å². The van der Waals surface area contributed by atoms with E-state index >= 15 is 0 Å². The van der Waals surface area contributed by atoms with Crippen molar-refractivity contribution in [2.75, 3.05) is 32.8 Å². The number of hydrogen-bond donors (Lipinski definition) is 0. The van der Waals surface area contributed by atoms with Crippen LogP contribution in [0.4, 0.5) is 4.39 Å². The number of thiophene rings is 1. The number of piperazine rings is 1. The number of amides is 2. The second-order valence-corrected chi connectivity index (χ2v) is 8.25. The second kappa shape index (κ2) is 9.74. The van der Waals surface area contributed by atoms with E-state index in [1.165, 1.54) is 35.6 Å². The van der Waals surface area contributed by atoms with Gasteiger partial charge in [0.15, 0.2) is 12.4 Å². The van der Waals surface area contributed by atoms with Gasteiger partial charge in [0.05, 0.1) is 4.88 Å². The number of ether oxygens (including phenoxy) is 1. The number of ketones is 1. The number of carbonyl (C=O) groups excluding carboxylic acids is 3. The molecule has 164 valence electrons. The average molecular weight is 453 g/mol. The topological polar surface area (TPSA) is 66.9 Å². The molecule has 0 N–H and O–H groups in total. The molecule has 0 radical (unpaired) electrons. The highest BCUT2D eigenvalue weighted by Crippen LogP contribution is 2.17. The molecule has 0 bridgehead atoms. The molecule has 0 saturated carbocycles. The van der Waals surface area contributed by atoms with Crippen LogP contribution in [0.2, 0.25) is 0 Å². The Labute approximate surface area is 188 Å². The first-order chi connectivity index (χ1) is 15.5. The molecular formula is C24H21FN2O4S. The minimum Gasteiger partial charge on any atom is -0.484 e. The summed E-state index contributed by atoms with van der Waals surface area (Å²) in [6.45, 7) is 1.78. The van der Waals surface area contributed by atoms with Crippen molar-refractivity contribution in [1.29, 1.82) is 0 Å². The molecule has 1 saturated heterocycles. The van der Waals surface area contributed by atoms with Gasteiger partial charge in [0.1, 0.15) is 11.6 Å². The summed E-state index contributed by atoms with van der Waals surface area (Å²) in [4.78, 5) is 41.5. The zero-order valence-electron chi connectivity index (χ0n) is 17.2. The molecular weight excluding hydrogens is 431 g/mol. The molecule has 1 aromatic heterocycles. The number of rotatable bonds is 6. The van der Waals surface area contributed by atoms with Crippen molar-refractivity contribution in [3.63, 3.8) is 0 Å². The molecule has 4 rings (SSSR count). The van der Waals surface area contributed by atoms with Gasteiger partial charge in [0.25, 0.3) is 11.8 Å². The summed E-state index contributed by atoms with van der Waals surface area (Å²) >= 11 is 1.41. The van der Waals surface area contributed by atoms with E-state index in [4.69, 9.17) is 4.74 Å². The maximum atomic E-state index is 13.0. The summed E-state index contributed by atoms with van der Waals surface area (Å²) in [6.07, 6.45) is 0. The summed E-state index contributed by atoms with van der Waals surface area (Å²) in [6, 6.07) is 15.5. The summed E-state index contributed by atoms with van der Waals surface area (Å²) in [5.74, 6) is -0.299. The Bertz CT molecular complexity index is 1090. The predicted molar refractivity (Wildman–Crippen MR) is 119 cm³/mol. The Morgan fingerprint density at radius 3 is 2.03 bits per heavy atom. The fourth-order valence-corrected chi connectivity index (χ4v) is 4.11. The Balaban J connectivity index is 1.26. The lowest BCUT2D eigenvalue weighted by Gasteiger charge is -2.34. The van der Waals surface area contributed by atoms with Gasteiger partial charge in [-0.3, -0.25) is 14.4 Å². The van der Waals surface area contributed by atoms with Crippen LogP contribution in [-0.2, 0) is 4.79 Å². The van der Waals surface area contributed by atoms with Gasteiger partial charge >= 0.3 is 0 Å². The number of halogens is 1. The largest absolute Gasteiger partial charge is 0.484 e. The van der Waals surface area contributed by atoms with Crippen LogP contribution >= 0.6 is 11.3 Å². The lowest BCUT2D eigenvalue weighted by atomic mass is 10.0. The van der Waals surface area contributed by atoms with E-state index in [9.17, 15) is 18.8 Å². The lowest BCUT2D eigenvalue weighted by molar-refractivity contribution is -0.134. The average Bonchev–Trinajstić information content (AvgIpc) is 3.38. The van der Waals surface area contributed by atoms with Gasteiger partial charge in [-0.1, -0.05) is 6.07 Å². The van der Waals surface area contributed by atoms with Crippen LogP contribution in [0.5, 0.6) is 5.75 Å². The van der Waals surface area contributed by atoms with E-state index in [1.807, 2.05) is 11.4 Å². The maximum Gasteiger partial charge on any atom is 0.264 e. The summed E-state index contributed by atoms with van der Waals surface area (Å²) in [5, 5.41) is 1.87. The molecule has 2 amide bonds. The van der Waals surface area contributed by atoms with Gasteiger partial charge in [0, 0.05) is 37.3 Å². The van der Waals surface area contributed by atoms with Crippen molar-refractivity contribution < 1.29 is 23.5 Å². The van der Waals surface area contributed by atoms with Crippen LogP contribution in [0.3, 0.4) is 0 Å². The molecule has 1 fully saturated rings. The van der Waals surface area contributed by atoms with Crippen LogP contribution < -0.4 is 4.74 Å². The third kappa shape index (κ3) is 5.03. The van der Waals surface area contributed by atoms with E-state index in [-0.39, 0.29) is 24.2 Å². The Morgan fingerprint density at radius 1 is 0.844 bits per heavy atom. The zero-order valence-corrected chi connectivity index (χ0v) is 18.0. The molecule has 2 aromatic carbocycles. The van der Waals surface area contributed by atoms with Gasteiger partial charge in [0.2, 0.25) is 0 Å². The van der Waals surface area contributed by atoms with Gasteiger partial charge in [-0.25, -0.2) is 4.39 Å². The molecule has 3 aromatic rings. The molecule has 0 atom stereocenters. The van der Waals surface area contributed by atoms with E-state index in [0.717, 1.165) is 0 Å². The van der Waals surface area contributed by atoms with Crippen LogP contribution in [0, 0.1) is 5.82 Å². The number of hydrogen-bond acceptors (Lipinski definition) is 5. The van der Waals surface area contributed by atoms with Crippen molar-refractivity contribution in [2.45, 2.75) is 0 Å². The summed E-state index contributed by atoms with van der Waals surface area (Å²) in [7, 11) is 0. The molecule has 2 heterocycles. The molecule has 32 heavy (non-hydrogen) atoms. The molecule has 0 unspecified atom stereocenters. The van der Waals surface area contributed by atoms with Crippen LogP contribution in [0.1, 0.15) is 25.6 Å². The van der Waals surface area contributed by atoms with Gasteiger partial charge in [-0.2, -0.15) is 0 Å². The van der Waals surface area contributed by atoms with Gasteiger partial charge in [-0.05, 0) is 60.0 Å². The number of benzene rings is 2. The highest BCUT2D eigenvalue weighted by atomic mass is 32.1. The molecule has 1 aliphatic rings. The Kier molecular flexibility index (Phi) is 6.61. The summed E-state index contributed by atoms with van der Waals surface area (Å²) in [5.41, 5.74) is 0.841. The minimum absolute atomic E-state index is 0.00127. The van der Waals surface area contributed by atoms with Crippen molar-refractivity contribution in [3.8, 4) is 5.75 Å². The fourth-order valence-electron chi connectivity index (χ4n) is 3.42. The maximum absolute atomic E-state index is 13.0. The Morgan fingerprint density at radius 2 is 1.44 bits per heavy atom. The van der Waals surface area contributed by atoms with Gasteiger partial charge in [-0.15, -0.1) is 11.3 Å². The normalized spacial score (nSPS) is 13.7. The fraction of sp³-hybridized carbons (Fsp3) is 0.208. The standard InChI is InChI=1S/C24H21FN2O4S/c25-19-7-3-17(4-8-19)23(29)18-5-9-20(10-6-18)31-16-22(28)26-11-13-27(14-12-26)24(30)21-2-1-15-32-21/h1-10,15H,11-14,16H2. The van der Waals surface area contributed by atoms with Crippen molar-refractivity contribution in [3.05, 3.63) is 87.9 Å². The van der Waals surface area contributed by atoms with Crippen LogP contribution in [-0.4, -0.2) is 60.2 Å². The van der Waals surface area contributed by atoms with Crippen molar-refractivity contribution in [1.82, 2.24) is 9.80 Å². The Hall–Kier alpha value is -3.52. The van der Waals surface area contributed by atoms with Crippen molar-refractivity contribution >= 4 is 28.9 Å². The summed E-state index contributed by atoms with van der Waals surface area (Å²) < 4.78 is 18.6. The molecule has 1 aliphatic heterocycles. The van der Waals surface area contributed by atoms with E-state index in [1.54, 1.807) is 40.1 Å². The first-order valence-corrected chi connectivity index (χ1v) is 11.0. The first kappa shape index (κ1) is 21.7. The van der Waals surface area contributed by atoms with E-state index in [2.05, 4.69) is 0 Å². The monoisotopic (exact) mass is 452 g/mol. The number of nitrogens with zero attached hydrogens (tertiary/aromatic N) is 2.